The van der Waals surface area contributed by atoms with E-state index in [1.807, 2.05) is 36.9 Å². The molecule has 0 aliphatic carbocycles. The molecule has 3 heteroatoms. The van der Waals surface area contributed by atoms with E-state index in [2.05, 4.69) is 26.1 Å². The highest BCUT2D eigenvalue weighted by Gasteiger charge is 2.15. The molecule has 0 fully saturated rings. The van der Waals surface area contributed by atoms with Crippen LogP contribution in [-0.4, -0.2) is 16.5 Å². The quantitative estimate of drug-likeness (QED) is 0.795. The van der Waals surface area contributed by atoms with Crippen LogP contribution in [0.25, 0.3) is 0 Å². The fourth-order valence-corrected chi connectivity index (χ4v) is 1.29. The molecule has 15 heavy (non-hydrogen) atoms. The van der Waals surface area contributed by atoms with Gasteiger partial charge < -0.3 is 9.88 Å². The number of nitrogens with one attached hydrogen (secondary N) is 1. The zero-order valence-electron chi connectivity index (χ0n) is 10.2. The van der Waals surface area contributed by atoms with Crippen molar-refractivity contribution in [3.63, 3.8) is 0 Å². The summed E-state index contributed by atoms with van der Waals surface area (Å²) < 4.78 is 2.04. The molecule has 84 valence electrons. The molecule has 0 atom stereocenters. The van der Waals surface area contributed by atoms with E-state index in [-0.39, 0.29) is 17.5 Å². The number of hydrogen-bond acceptors (Lipinski definition) is 1. The van der Waals surface area contributed by atoms with Crippen molar-refractivity contribution < 1.29 is 4.79 Å². The number of nitrogens with zero attached hydrogens (tertiary/aromatic N) is 1. The Bertz CT molecular complexity index is 345. The molecule has 1 rings (SSSR count). The molecule has 0 saturated carbocycles. The first kappa shape index (κ1) is 11.8. The number of carbonyl (C=O) groups excluding carboxylic acids is 1. The summed E-state index contributed by atoms with van der Waals surface area (Å²) in [5.41, 5.74) is 0.745. The monoisotopic (exact) mass is 208 g/mol. The van der Waals surface area contributed by atoms with E-state index in [0.29, 0.717) is 0 Å². The maximum Gasteiger partial charge on any atom is 0.253 e. The van der Waals surface area contributed by atoms with Crippen LogP contribution < -0.4 is 5.32 Å². The van der Waals surface area contributed by atoms with Gasteiger partial charge in [-0.1, -0.05) is 0 Å². The Kier molecular flexibility index (Phi) is 3.22. The van der Waals surface area contributed by atoms with Gasteiger partial charge in [0.2, 0.25) is 0 Å². The first-order valence-corrected chi connectivity index (χ1v) is 5.30. The molecule has 0 spiro atoms. The van der Waals surface area contributed by atoms with E-state index in [9.17, 15) is 4.79 Å². The first-order chi connectivity index (χ1) is 6.80. The predicted octanol–water partition coefficient (Wildman–Crippen LogP) is 2.38. The van der Waals surface area contributed by atoms with Gasteiger partial charge in [-0.3, -0.25) is 4.79 Å². The summed E-state index contributed by atoms with van der Waals surface area (Å²) in [5, 5.41) is 2.87. The molecule has 0 saturated heterocycles. The molecular formula is C12H20N2O. The molecule has 3 nitrogen and oxygen atoms in total. The summed E-state index contributed by atoms with van der Waals surface area (Å²) in [6.45, 7) is 10.2. The molecule has 0 aliphatic rings. The van der Waals surface area contributed by atoms with Gasteiger partial charge in [-0.05, 0) is 40.7 Å². The summed E-state index contributed by atoms with van der Waals surface area (Å²) in [7, 11) is 0. The SMILES string of the molecule is CC(C)NC(=O)c1ccn(C(C)(C)C)c1. The molecule has 1 heterocycles. The molecule has 1 N–H and O–H groups in total. The van der Waals surface area contributed by atoms with Crippen molar-refractivity contribution in [3.8, 4) is 0 Å². The van der Waals surface area contributed by atoms with E-state index >= 15 is 0 Å². The number of aromatic nitrogens is 1. The summed E-state index contributed by atoms with van der Waals surface area (Å²) in [6, 6.07) is 2.03. The number of amides is 1. The van der Waals surface area contributed by atoms with Gasteiger partial charge in [0.1, 0.15) is 0 Å². The maximum atomic E-state index is 11.7. The molecule has 0 aliphatic heterocycles. The highest BCUT2D eigenvalue weighted by atomic mass is 16.1. The van der Waals surface area contributed by atoms with Gasteiger partial charge in [-0.25, -0.2) is 0 Å². The molecule has 0 radical (unpaired) electrons. The molecule has 1 aromatic heterocycles. The van der Waals surface area contributed by atoms with Gasteiger partial charge in [0.15, 0.2) is 0 Å². The van der Waals surface area contributed by atoms with Gasteiger partial charge in [0.25, 0.3) is 5.91 Å². The number of rotatable bonds is 2. The van der Waals surface area contributed by atoms with E-state index in [1.165, 1.54) is 0 Å². The lowest BCUT2D eigenvalue weighted by molar-refractivity contribution is 0.0943. The van der Waals surface area contributed by atoms with Crippen molar-refractivity contribution in [1.29, 1.82) is 0 Å². The third-order valence-corrected chi connectivity index (χ3v) is 2.15. The van der Waals surface area contributed by atoms with Crippen molar-refractivity contribution in [2.24, 2.45) is 0 Å². The highest BCUT2D eigenvalue weighted by Crippen LogP contribution is 2.15. The van der Waals surface area contributed by atoms with E-state index in [4.69, 9.17) is 0 Å². The maximum absolute atomic E-state index is 11.7. The molecule has 0 unspecified atom stereocenters. The summed E-state index contributed by atoms with van der Waals surface area (Å²) >= 11 is 0. The van der Waals surface area contributed by atoms with E-state index < -0.39 is 0 Å². The van der Waals surface area contributed by atoms with Crippen LogP contribution in [0.3, 0.4) is 0 Å². The lowest BCUT2D eigenvalue weighted by Crippen LogP contribution is -2.30. The van der Waals surface area contributed by atoms with Crippen molar-refractivity contribution in [2.75, 3.05) is 0 Å². The van der Waals surface area contributed by atoms with Crippen LogP contribution in [0, 0.1) is 0 Å². The van der Waals surface area contributed by atoms with Gasteiger partial charge in [0, 0.05) is 24.0 Å². The largest absolute Gasteiger partial charge is 0.350 e. The zero-order valence-corrected chi connectivity index (χ0v) is 10.2. The second-order valence-corrected chi connectivity index (χ2v) is 5.11. The van der Waals surface area contributed by atoms with Crippen molar-refractivity contribution >= 4 is 5.91 Å². The Morgan fingerprint density at radius 2 is 2.00 bits per heavy atom. The lowest BCUT2D eigenvalue weighted by atomic mass is 10.1. The topological polar surface area (TPSA) is 34.0 Å². The Morgan fingerprint density at radius 1 is 1.40 bits per heavy atom. The fourth-order valence-electron chi connectivity index (χ4n) is 1.29. The first-order valence-electron chi connectivity index (χ1n) is 5.30. The van der Waals surface area contributed by atoms with E-state index in [0.717, 1.165) is 5.56 Å². The Labute approximate surface area is 91.5 Å². The molecular weight excluding hydrogens is 188 g/mol. The van der Waals surface area contributed by atoms with Gasteiger partial charge >= 0.3 is 0 Å². The number of carbonyl (C=O) groups is 1. The second-order valence-electron chi connectivity index (χ2n) is 5.11. The number of hydrogen-bond donors (Lipinski definition) is 1. The van der Waals surface area contributed by atoms with Crippen LogP contribution in [0.4, 0.5) is 0 Å². The van der Waals surface area contributed by atoms with Gasteiger partial charge in [-0.2, -0.15) is 0 Å². The molecule has 1 amide bonds. The van der Waals surface area contributed by atoms with Crippen LogP contribution in [0.5, 0.6) is 0 Å². The van der Waals surface area contributed by atoms with Crippen LogP contribution in [0.2, 0.25) is 0 Å². The molecule has 0 aromatic carbocycles. The minimum atomic E-state index is -0.00648. The highest BCUT2D eigenvalue weighted by molar-refractivity contribution is 5.94. The average Bonchev–Trinajstić information content (AvgIpc) is 2.48. The van der Waals surface area contributed by atoms with Crippen LogP contribution in [0.15, 0.2) is 18.5 Å². The second kappa shape index (κ2) is 4.09. The zero-order chi connectivity index (χ0) is 11.6. The standard InChI is InChI=1S/C12H20N2O/c1-9(2)13-11(15)10-6-7-14(8-10)12(3,4)5/h6-9H,1-5H3,(H,13,15). The predicted molar refractivity (Wildman–Crippen MR) is 62.0 cm³/mol. The van der Waals surface area contributed by atoms with Crippen molar-refractivity contribution in [3.05, 3.63) is 24.0 Å². The Balaban J connectivity index is 2.81. The van der Waals surface area contributed by atoms with Gasteiger partial charge in [-0.15, -0.1) is 0 Å². The minimum Gasteiger partial charge on any atom is -0.350 e. The fraction of sp³-hybridized carbons (Fsp3) is 0.583. The minimum absolute atomic E-state index is 0.00648. The third kappa shape index (κ3) is 3.11. The summed E-state index contributed by atoms with van der Waals surface area (Å²) in [6.07, 6.45) is 3.83. The van der Waals surface area contributed by atoms with Crippen LogP contribution >= 0.6 is 0 Å². The summed E-state index contributed by atoms with van der Waals surface area (Å²) in [4.78, 5) is 11.7. The normalized spacial score (nSPS) is 11.9. The van der Waals surface area contributed by atoms with Crippen molar-refractivity contribution in [1.82, 2.24) is 9.88 Å². The van der Waals surface area contributed by atoms with Crippen LogP contribution in [0.1, 0.15) is 45.0 Å². The molecule has 1 aromatic rings. The smallest absolute Gasteiger partial charge is 0.253 e. The van der Waals surface area contributed by atoms with Gasteiger partial charge in [0.05, 0.1) is 5.56 Å². The lowest BCUT2D eigenvalue weighted by Gasteiger charge is -2.20. The summed E-state index contributed by atoms with van der Waals surface area (Å²) in [5.74, 6) is -0.00648. The van der Waals surface area contributed by atoms with E-state index in [1.54, 1.807) is 0 Å². The van der Waals surface area contributed by atoms with Crippen molar-refractivity contribution in [2.45, 2.75) is 46.2 Å². The Hall–Kier alpha value is -1.25. The average molecular weight is 208 g/mol. The Morgan fingerprint density at radius 3 is 2.40 bits per heavy atom. The van der Waals surface area contributed by atoms with Crippen LogP contribution in [-0.2, 0) is 5.54 Å². The third-order valence-electron chi connectivity index (χ3n) is 2.15. The molecule has 0 bridgehead atoms.